The van der Waals surface area contributed by atoms with Crippen LogP contribution >= 0.6 is 0 Å². The lowest BCUT2D eigenvalue weighted by Gasteiger charge is -2.24. The van der Waals surface area contributed by atoms with Gasteiger partial charge < -0.3 is 4.74 Å². The van der Waals surface area contributed by atoms with E-state index < -0.39 is 6.10 Å². The zero-order valence-electron chi connectivity index (χ0n) is 12.0. The Morgan fingerprint density at radius 3 is 2.60 bits per heavy atom. The van der Waals surface area contributed by atoms with Crippen molar-refractivity contribution < 1.29 is 9.53 Å². The molecule has 2 rings (SSSR count). The molecule has 1 heterocycles. The van der Waals surface area contributed by atoms with Crippen molar-refractivity contribution in [1.29, 1.82) is 0 Å². The minimum atomic E-state index is -0.460. The lowest BCUT2D eigenvalue weighted by Crippen LogP contribution is -2.29. The van der Waals surface area contributed by atoms with Gasteiger partial charge in [0.2, 0.25) is 0 Å². The first-order chi connectivity index (χ1) is 9.75. The van der Waals surface area contributed by atoms with E-state index >= 15 is 0 Å². The minimum absolute atomic E-state index is 0.300. The summed E-state index contributed by atoms with van der Waals surface area (Å²) in [4.78, 5) is 13.5. The van der Waals surface area contributed by atoms with E-state index in [2.05, 4.69) is 16.7 Å². The first-order valence-corrected chi connectivity index (χ1v) is 7.18. The second-order valence-electron chi connectivity index (χ2n) is 5.06. The number of likely N-dealkylation sites (tertiary alicyclic amines) is 1. The molecule has 1 fully saturated rings. The van der Waals surface area contributed by atoms with Gasteiger partial charge in [0.1, 0.15) is 0 Å². The highest BCUT2D eigenvalue weighted by molar-refractivity contribution is 5.66. The Labute approximate surface area is 120 Å². The number of nitrogens with zero attached hydrogens (tertiary/aromatic N) is 1. The fourth-order valence-electron chi connectivity index (χ4n) is 2.34. The van der Waals surface area contributed by atoms with Crippen molar-refractivity contribution >= 4 is 5.97 Å². The second-order valence-corrected chi connectivity index (χ2v) is 5.06. The van der Waals surface area contributed by atoms with Gasteiger partial charge in [0.25, 0.3) is 0 Å². The van der Waals surface area contributed by atoms with Crippen LogP contribution in [-0.2, 0) is 9.53 Å². The average Bonchev–Trinajstić information content (AvgIpc) is 2.48. The average molecular weight is 271 g/mol. The Morgan fingerprint density at radius 2 is 1.95 bits per heavy atom. The highest BCUT2D eigenvalue weighted by Crippen LogP contribution is 2.16. The van der Waals surface area contributed by atoms with Gasteiger partial charge >= 0.3 is 5.97 Å². The SMILES string of the molecule is CC(=O)O[C@H](C#CCN1CCCCC1)c1ccccc1. The van der Waals surface area contributed by atoms with E-state index in [1.165, 1.54) is 26.2 Å². The highest BCUT2D eigenvalue weighted by Gasteiger charge is 2.11. The quantitative estimate of drug-likeness (QED) is 0.625. The number of benzene rings is 1. The summed E-state index contributed by atoms with van der Waals surface area (Å²) in [5.74, 6) is 5.94. The largest absolute Gasteiger partial charge is 0.444 e. The minimum Gasteiger partial charge on any atom is -0.444 e. The molecule has 0 bridgehead atoms. The molecule has 1 aliphatic rings. The van der Waals surface area contributed by atoms with Crippen LogP contribution in [0, 0.1) is 11.8 Å². The van der Waals surface area contributed by atoms with Crippen molar-refractivity contribution in [2.24, 2.45) is 0 Å². The van der Waals surface area contributed by atoms with Gasteiger partial charge in [-0.1, -0.05) is 48.6 Å². The van der Waals surface area contributed by atoms with Crippen LogP contribution in [-0.4, -0.2) is 30.5 Å². The second kappa shape index (κ2) is 7.72. The highest BCUT2D eigenvalue weighted by atomic mass is 16.5. The zero-order chi connectivity index (χ0) is 14.2. The third-order valence-corrected chi connectivity index (χ3v) is 3.37. The number of ether oxygens (including phenoxy) is 1. The van der Waals surface area contributed by atoms with Gasteiger partial charge in [0.15, 0.2) is 6.10 Å². The molecule has 20 heavy (non-hydrogen) atoms. The predicted octanol–water partition coefficient (Wildman–Crippen LogP) is 2.78. The summed E-state index contributed by atoms with van der Waals surface area (Å²) in [5.41, 5.74) is 0.925. The number of esters is 1. The van der Waals surface area contributed by atoms with Gasteiger partial charge in [-0.05, 0) is 25.9 Å². The lowest BCUT2D eigenvalue weighted by molar-refractivity contribution is -0.144. The van der Waals surface area contributed by atoms with E-state index in [-0.39, 0.29) is 5.97 Å². The van der Waals surface area contributed by atoms with Crippen LogP contribution in [0.2, 0.25) is 0 Å². The fourth-order valence-corrected chi connectivity index (χ4v) is 2.34. The molecule has 0 N–H and O–H groups in total. The maximum absolute atomic E-state index is 11.2. The van der Waals surface area contributed by atoms with Crippen molar-refractivity contribution in [3.63, 3.8) is 0 Å². The molecule has 0 amide bonds. The Kier molecular flexibility index (Phi) is 5.64. The van der Waals surface area contributed by atoms with Crippen molar-refractivity contribution in [2.45, 2.75) is 32.3 Å². The number of carbonyl (C=O) groups is 1. The third kappa shape index (κ3) is 4.71. The molecule has 106 valence electrons. The summed E-state index contributed by atoms with van der Waals surface area (Å²) in [6.45, 7) is 4.42. The molecule has 0 spiro atoms. The van der Waals surface area contributed by atoms with Gasteiger partial charge in [0.05, 0.1) is 6.54 Å². The Balaban J connectivity index is 1.99. The summed E-state index contributed by atoms with van der Waals surface area (Å²) in [5, 5.41) is 0. The summed E-state index contributed by atoms with van der Waals surface area (Å²) in [6, 6.07) is 9.66. The maximum Gasteiger partial charge on any atom is 0.304 e. The topological polar surface area (TPSA) is 29.5 Å². The van der Waals surface area contributed by atoms with Crippen molar-refractivity contribution in [3.05, 3.63) is 35.9 Å². The van der Waals surface area contributed by atoms with E-state index in [9.17, 15) is 4.79 Å². The first kappa shape index (κ1) is 14.6. The molecule has 3 heteroatoms. The van der Waals surface area contributed by atoms with E-state index in [1.54, 1.807) is 0 Å². The Hall–Kier alpha value is -1.79. The molecule has 1 saturated heterocycles. The first-order valence-electron chi connectivity index (χ1n) is 7.18. The number of hydrogen-bond donors (Lipinski definition) is 0. The van der Waals surface area contributed by atoms with E-state index in [4.69, 9.17) is 4.74 Å². The molecule has 3 nitrogen and oxygen atoms in total. The van der Waals surface area contributed by atoms with Gasteiger partial charge in [-0.2, -0.15) is 0 Å². The molecule has 1 atom stereocenters. The maximum atomic E-state index is 11.2. The van der Waals surface area contributed by atoms with Gasteiger partial charge in [0, 0.05) is 12.5 Å². The molecule has 0 radical (unpaired) electrons. The van der Waals surface area contributed by atoms with Crippen LogP contribution in [0.5, 0.6) is 0 Å². The smallest absolute Gasteiger partial charge is 0.304 e. The molecular weight excluding hydrogens is 250 g/mol. The normalized spacial score (nSPS) is 16.9. The number of rotatable bonds is 3. The van der Waals surface area contributed by atoms with Crippen LogP contribution in [0.25, 0.3) is 0 Å². The van der Waals surface area contributed by atoms with Crippen LogP contribution in [0.4, 0.5) is 0 Å². The molecule has 0 saturated carbocycles. The van der Waals surface area contributed by atoms with Crippen LogP contribution in [0.15, 0.2) is 30.3 Å². The Morgan fingerprint density at radius 1 is 1.25 bits per heavy atom. The van der Waals surface area contributed by atoms with Crippen LogP contribution in [0.1, 0.15) is 37.9 Å². The monoisotopic (exact) mass is 271 g/mol. The molecule has 1 aromatic rings. The van der Waals surface area contributed by atoms with E-state index in [1.807, 2.05) is 30.3 Å². The molecule has 0 aliphatic carbocycles. The zero-order valence-corrected chi connectivity index (χ0v) is 12.0. The molecule has 1 aromatic carbocycles. The standard InChI is InChI=1S/C17H21NO2/c1-15(19)20-17(16-9-4-2-5-10-16)11-8-14-18-12-6-3-7-13-18/h2,4-5,9-10,17H,3,6-7,12-14H2,1H3/t17-/m1/s1. The van der Waals surface area contributed by atoms with Gasteiger partial charge in [-0.15, -0.1) is 0 Å². The number of piperidine rings is 1. The van der Waals surface area contributed by atoms with E-state index in [0.717, 1.165) is 25.2 Å². The molecule has 0 aromatic heterocycles. The van der Waals surface area contributed by atoms with Crippen LogP contribution in [0.3, 0.4) is 0 Å². The molecule has 0 unspecified atom stereocenters. The molecular formula is C17H21NO2. The Bertz CT molecular complexity index is 481. The molecule has 1 aliphatic heterocycles. The van der Waals surface area contributed by atoms with Gasteiger partial charge in [-0.25, -0.2) is 0 Å². The summed E-state index contributed by atoms with van der Waals surface area (Å²) >= 11 is 0. The van der Waals surface area contributed by atoms with Crippen LogP contribution < -0.4 is 0 Å². The van der Waals surface area contributed by atoms with Crippen molar-refractivity contribution in [2.75, 3.05) is 19.6 Å². The lowest BCUT2D eigenvalue weighted by atomic mass is 10.1. The van der Waals surface area contributed by atoms with E-state index in [0.29, 0.717) is 0 Å². The summed E-state index contributed by atoms with van der Waals surface area (Å²) in [7, 11) is 0. The van der Waals surface area contributed by atoms with Crippen molar-refractivity contribution in [3.8, 4) is 11.8 Å². The van der Waals surface area contributed by atoms with Crippen molar-refractivity contribution in [1.82, 2.24) is 4.90 Å². The summed E-state index contributed by atoms with van der Waals surface area (Å²) in [6.07, 6.45) is 3.38. The number of carbonyl (C=O) groups excluding carboxylic acids is 1. The third-order valence-electron chi connectivity index (χ3n) is 3.37. The van der Waals surface area contributed by atoms with Gasteiger partial charge in [-0.3, -0.25) is 9.69 Å². The number of hydrogen-bond acceptors (Lipinski definition) is 3. The fraction of sp³-hybridized carbons (Fsp3) is 0.471. The predicted molar refractivity (Wildman–Crippen MR) is 79.0 cm³/mol. The summed E-state index contributed by atoms with van der Waals surface area (Å²) < 4.78 is 5.29.